The van der Waals surface area contributed by atoms with E-state index in [1.165, 1.54) is 11.3 Å². The fourth-order valence-electron chi connectivity index (χ4n) is 1.88. The van der Waals surface area contributed by atoms with E-state index in [4.69, 9.17) is 11.6 Å². The van der Waals surface area contributed by atoms with Crippen LogP contribution in [0.1, 0.15) is 38.6 Å². The van der Waals surface area contributed by atoms with Gasteiger partial charge >= 0.3 is 0 Å². The molecular formula is C14H18ClN3OS. The van der Waals surface area contributed by atoms with Gasteiger partial charge in [-0.1, -0.05) is 11.6 Å². The third-order valence-electron chi connectivity index (χ3n) is 2.94. The van der Waals surface area contributed by atoms with E-state index in [2.05, 4.69) is 10.3 Å². The zero-order valence-electron chi connectivity index (χ0n) is 12.0. The van der Waals surface area contributed by atoms with Crippen LogP contribution >= 0.6 is 22.9 Å². The Morgan fingerprint density at radius 2 is 2.10 bits per heavy atom. The van der Waals surface area contributed by atoms with Gasteiger partial charge in [0.1, 0.15) is 0 Å². The monoisotopic (exact) mass is 311 g/mol. The number of aromatic nitrogens is 2. The molecule has 108 valence electrons. The highest BCUT2D eigenvalue weighted by molar-refractivity contribution is 7.16. The Kier molecular flexibility index (Phi) is 4.20. The van der Waals surface area contributed by atoms with E-state index in [0.717, 1.165) is 9.21 Å². The van der Waals surface area contributed by atoms with Gasteiger partial charge in [0, 0.05) is 22.8 Å². The quantitative estimate of drug-likeness (QED) is 0.935. The minimum atomic E-state index is -0.272. The number of hydrogen-bond donors (Lipinski definition) is 1. The Bertz CT molecular complexity index is 657. The lowest BCUT2D eigenvalue weighted by molar-refractivity contribution is 0.383. The third-order valence-corrected chi connectivity index (χ3v) is 4.35. The van der Waals surface area contributed by atoms with Crippen molar-refractivity contribution in [3.63, 3.8) is 0 Å². The standard InChI is InChI=1S/C14H18ClN3OS/c1-9(10-5-6-11(15)20-10)17-12-13(19)18(8-7-16-12)14(2,3)4/h5-9H,1-4H3,(H,16,17). The van der Waals surface area contributed by atoms with Crippen molar-refractivity contribution in [3.05, 3.63) is 44.1 Å². The van der Waals surface area contributed by atoms with Crippen molar-refractivity contribution in [2.45, 2.75) is 39.3 Å². The molecule has 2 aromatic heterocycles. The lowest BCUT2D eigenvalue weighted by atomic mass is 10.1. The molecule has 20 heavy (non-hydrogen) atoms. The van der Waals surface area contributed by atoms with E-state index in [0.29, 0.717) is 5.82 Å². The van der Waals surface area contributed by atoms with Gasteiger partial charge in [-0.2, -0.15) is 0 Å². The smallest absolute Gasteiger partial charge is 0.293 e. The fourth-order valence-corrected chi connectivity index (χ4v) is 2.94. The summed E-state index contributed by atoms with van der Waals surface area (Å²) in [5.74, 6) is 0.361. The number of rotatable bonds is 3. The Morgan fingerprint density at radius 3 is 2.65 bits per heavy atom. The van der Waals surface area contributed by atoms with Gasteiger partial charge in [0.25, 0.3) is 5.56 Å². The Labute approximate surface area is 127 Å². The van der Waals surface area contributed by atoms with Crippen LogP contribution in [0.2, 0.25) is 4.34 Å². The third kappa shape index (κ3) is 3.22. The molecule has 0 bridgehead atoms. The predicted octanol–water partition coefficient (Wildman–Crippen LogP) is 3.89. The lowest BCUT2D eigenvalue weighted by Gasteiger charge is -2.23. The molecule has 1 atom stereocenters. The molecule has 0 aliphatic carbocycles. The van der Waals surface area contributed by atoms with Crippen LogP contribution in [-0.4, -0.2) is 9.55 Å². The number of thiophene rings is 1. The molecule has 2 rings (SSSR count). The summed E-state index contributed by atoms with van der Waals surface area (Å²) < 4.78 is 2.41. The molecule has 0 aliphatic rings. The molecule has 6 heteroatoms. The van der Waals surface area contributed by atoms with Gasteiger partial charge in [-0.05, 0) is 39.8 Å². The minimum Gasteiger partial charge on any atom is -0.358 e. The summed E-state index contributed by atoms with van der Waals surface area (Å²) in [5.41, 5.74) is -0.388. The first-order chi connectivity index (χ1) is 9.29. The number of halogens is 1. The van der Waals surface area contributed by atoms with Gasteiger partial charge in [0.15, 0.2) is 5.82 Å². The van der Waals surface area contributed by atoms with E-state index in [1.54, 1.807) is 17.0 Å². The molecule has 0 saturated heterocycles. The van der Waals surface area contributed by atoms with Crippen LogP contribution in [0.15, 0.2) is 29.3 Å². The average molecular weight is 312 g/mol. The zero-order chi connectivity index (χ0) is 14.9. The Morgan fingerprint density at radius 1 is 1.40 bits per heavy atom. The number of nitrogens with zero attached hydrogens (tertiary/aromatic N) is 2. The van der Waals surface area contributed by atoms with Crippen LogP contribution in [0, 0.1) is 0 Å². The van der Waals surface area contributed by atoms with Gasteiger partial charge in [-0.15, -0.1) is 11.3 Å². The molecule has 0 aliphatic heterocycles. The maximum atomic E-state index is 12.4. The van der Waals surface area contributed by atoms with E-state index in [1.807, 2.05) is 39.8 Å². The lowest BCUT2D eigenvalue weighted by Crippen LogP contribution is -2.35. The summed E-state index contributed by atoms with van der Waals surface area (Å²) >= 11 is 7.43. The predicted molar refractivity (Wildman–Crippen MR) is 84.9 cm³/mol. The molecule has 0 aromatic carbocycles. The van der Waals surface area contributed by atoms with E-state index in [-0.39, 0.29) is 17.1 Å². The van der Waals surface area contributed by atoms with Gasteiger partial charge in [-0.25, -0.2) is 4.98 Å². The summed E-state index contributed by atoms with van der Waals surface area (Å²) in [7, 11) is 0. The van der Waals surface area contributed by atoms with Crippen LogP contribution in [0.5, 0.6) is 0 Å². The summed E-state index contributed by atoms with van der Waals surface area (Å²) in [5, 5.41) is 3.16. The van der Waals surface area contributed by atoms with Crippen molar-refractivity contribution in [3.8, 4) is 0 Å². The molecule has 0 spiro atoms. The van der Waals surface area contributed by atoms with Crippen molar-refractivity contribution < 1.29 is 0 Å². The summed E-state index contributed by atoms with van der Waals surface area (Å²) in [6.45, 7) is 7.94. The van der Waals surface area contributed by atoms with E-state index >= 15 is 0 Å². The van der Waals surface area contributed by atoms with Crippen LogP contribution in [0.25, 0.3) is 0 Å². The largest absolute Gasteiger partial charge is 0.358 e. The molecule has 4 nitrogen and oxygen atoms in total. The van der Waals surface area contributed by atoms with Crippen molar-refractivity contribution >= 4 is 28.8 Å². The van der Waals surface area contributed by atoms with Gasteiger partial charge in [-0.3, -0.25) is 4.79 Å². The van der Waals surface area contributed by atoms with Crippen molar-refractivity contribution in [1.29, 1.82) is 0 Å². The van der Waals surface area contributed by atoms with E-state index < -0.39 is 0 Å². The van der Waals surface area contributed by atoms with Crippen molar-refractivity contribution in [1.82, 2.24) is 9.55 Å². The molecule has 1 N–H and O–H groups in total. The maximum absolute atomic E-state index is 12.4. The molecule has 0 saturated carbocycles. The van der Waals surface area contributed by atoms with Crippen LogP contribution in [-0.2, 0) is 5.54 Å². The zero-order valence-corrected chi connectivity index (χ0v) is 13.5. The number of anilines is 1. The minimum absolute atomic E-state index is 0.0106. The summed E-state index contributed by atoms with van der Waals surface area (Å²) in [6, 6.07) is 3.80. The van der Waals surface area contributed by atoms with E-state index in [9.17, 15) is 4.79 Å². The summed E-state index contributed by atoms with van der Waals surface area (Å²) in [4.78, 5) is 17.6. The Hall–Kier alpha value is -1.33. The molecule has 1 unspecified atom stereocenters. The number of nitrogens with one attached hydrogen (secondary N) is 1. The van der Waals surface area contributed by atoms with Gasteiger partial charge in [0.05, 0.1) is 10.4 Å². The first-order valence-corrected chi connectivity index (χ1v) is 7.58. The maximum Gasteiger partial charge on any atom is 0.293 e. The van der Waals surface area contributed by atoms with Crippen LogP contribution < -0.4 is 10.9 Å². The van der Waals surface area contributed by atoms with Crippen LogP contribution in [0.4, 0.5) is 5.82 Å². The molecule has 0 amide bonds. The highest BCUT2D eigenvalue weighted by atomic mass is 35.5. The highest BCUT2D eigenvalue weighted by Crippen LogP contribution is 2.28. The highest BCUT2D eigenvalue weighted by Gasteiger charge is 2.18. The molecule has 0 radical (unpaired) electrons. The second kappa shape index (κ2) is 5.58. The SMILES string of the molecule is CC(Nc1nccn(C(C)(C)C)c1=O)c1ccc(Cl)s1. The van der Waals surface area contributed by atoms with Gasteiger partial charge in [0.2, 0.25) is 0 Å². The van der Waals surface area contributed by atoms with Crippen molar-refractivity contribution in [2.24, 2.45) is 0 Å². The summed E-state index contributed by atoms with van der Waals surface area (Å²) in [6.07, 6.45) is 3.35. The fraction of sp³-hybridized carbons (Fsp3) is 0.429. The first-order valence-electron chi connectivity index (χ1n) is 6.39. The van der Waals surface area contributed by atoms with Crippen molar-refractivity contribution in [2.75, 3.05) is 5.32 Å². The molecule has 2 heterocycles. The van der Waals surface area contributed by atoms with Crippen LogP contribution in [0.3, 0.4) is 0 Å². The second-order valence-electron chi connectivity index (χ2n) is 5.63. The van der Waals surface area contributed by atoms with Gasteiger partial charge < -0.3 is 9.88 Å². The second-order valence-corrected chi connectivity index (χ2v) is 7.38. The topological polar surface area (TPSA) is 46.9 Å². The normalized spacial score (nSPS) is 13.2. The number of hydrogen-bond acceptors (Lipinski definition) is 4. The Balaban J connectivity index is 2.29. The molecule has 0 fully saturated rings. The molecule has 2 aromatic rings. The molecular weight excluding hydrogens is 294 g/mol. The average Bonchev–Trinajstić information content (AvgIpc) is 2.77. The first kappa shape index (κ1) is 15.1.